The second-order valence-corrected chi connectivity index (χ2v) is 17.1. The minimum Gasteiger partial charge on any atom is -0.308 e. The van der Waals surface area contributed by atoms with Gasteiger partial charge in [-0.25, -0.2) is 0 Å². The average molecular weight is 765 g/mol. The van der Waals surface area contributed by atoms with E-state index in [0.29, 0.717) is 0 Å². The fourth-order valence-electron chi connectivity index (χ4n) is 10.9. The molecule has 4 heterocycles. The van der Waals surface area contributed by atoms with E-state index in [-0.39, 0.29) is 0 Å². The number of aryl methyl sites for hydroxylation is 4. The largest absolute Gasteiger partial charge is 0.308 e. The van der Waals surface area contributed by atoms with Gasteiger partial charge in [-0.1, -0.05) is 121 Å². The summed E-state index contributed by atoms with van der Waals surface area (Å²) in [6.07, 6.45) is 0. The zero-order valence-corrected chi connectivity index (χ0v) is 34.1. The normalized spacial score (nSPS) is 12.3. The molecule has 0 aliphatic carbocycles. The van der Waals surface area contributed by atoms with Crippen LogP contribution in [0.3, 0.4) is 0 Å². The van der Waals surface area contributed by atoms with Crippen LogP contribution in [0, 0.1) is 27.7 Å². The number of fused-ring (bicyclic) bond motifs is 14. The Bertz CT molecular complexity index is 3420. The maximum absolute atomic E-state index is 2.59. The highest BCUT2D eigenvalue weighted by atomic mass is 14.9. The molecule has 0 amide bonds. The highest BCUT2D eigenvalue weighted by Crippen LogP contribution is 2.53. The molecule has 9 aromatic carbocycles. The Morgan fingerprint density at radius 2 is 0.500 bits per heavy atom. The molecule has 2 heteroatoms. The zero-order valence-electron chi connectivity index (χ0n) is 34.1. The van der Waals surface area contributed by atoms with Crippen molar-refractivity contribution in [2.24, 2.45) is 0 Å². The van der Waals surface area contributed by atoms with E-state index >= 15 is 0 Å². The molecule has 13 aromatic rings. The molecule has 0 radical (unpaired) electrons. The van der Waals surface area contributed by atoms with Crippen molar-refractivity contribution in [3.05, 3.63) is 192 Å². The Morgan fingerprint density at radius 1 is 0.267 bits per heavy atom. The van der Waals surface area contributed by atoms with Crippen LogP contribution in [-0.2, 0) is 0 Å². The fourth-order valence-corrected chi connectivity index (χ4v) is 10.9. The van der Waals surface area contributed by atoms with Gasteiger partial charge in [0.15, 0.2) is 0 Å². The van der Waals surface area contributed by atoms with E-state index in [1.807, 2.05) is 0 Å². The SMILES string of the molecule is Cc1ccccc1-c1ccc2c(c1)c1c3c4cc(-c5ccccc5C)ccc4n4c5ccc(-c6ccccc6C)cc5c(c5c6cc(-c7ccccc7C)ccc6n2c15)c34. The van der Waals surface area contributed by atoms with E-state index in [4.69, 9.17) is 0 Å². The van der Waals surface area contributed by atoms with Gasteiger partial charge >= 0.3 is 0 Å². The van der Waals surface area contributed by atoms with Crippen molar-refractivity contribution in [2.75, 3.05) is 0 Å². The predicted octanol–water partition coefficient (Wildman–Crippen LogP) is 15.9. The lowest BCUT2D eigenvalue weighted by molar-refractivity contribution is 1.37. The van der Waals surface area contributed by atoms with Gasteiger partial charge in [0.2, 0.25) is 0 Å². The first-order chi connectivity index (χ1) is 29.4. The van der Waals surface area contributed by atoms with Gasteiger partial charge in [0.25, 0.3) is 0 Å². The molecule has 0 fully saturated rings. The van der Waals surface area contributed by atoms with Gasteiger partial charge in [-0.15, -0.1) is 0 Å². The van der Waals surface area contributed by atoms with Crippen LogP contribution in [0.5, 0.6) is 0 Å². The molecule has 0 saturated heterocycles. The van der Waals surface area contributed by atoms with Crippen LogP contribution < -0.4 is 0 Å². The first-order valence-corrected chi connectivity index (χ1v) is 21.1. The van der Waals surface area contributed by atoms with Gasteiger partial charge in [0.1, 0.15) is 0 Å². The zero-order chi connectivity index (χ0) is 40.0. The lowest BCUT2D eigenvalue weighted by Crippen LogP contribution is -1.86. The number of rotatable bonds is 4. The van der Waals surface area contributed by atoms with Crippen molar-refractivity contribution in [3.63, 3.8) is 0 Å². The molecule has 0 unspecified atom stereocenters. The summed E-state index contributed by atoms with van der Waals surface area (Å²) >= 11 is 0. The molecule has 2 nitrogen and oxygen atoms in total. The molecule has 0 N–H and O–H groups in total. The number of hydrogen-bond donors (Lipinski definition) is 0. The van der Waals surface area contributed by atoms with Crippen molar-refractivity contribution < 1.29 is 0 Å². The quantitative estimate of drug-likeness (QED) is 0.169. The number of benzene rings is 9. The number of hydrogen-bond acceptors (Lipinski definition) is 0. The van der Waals surface area contributed by atoms with Gasteiger partial charge in [-0.2, -0.15) is 0 Å². The van der Waals surface area contributed by atoms with Crippen LogP contribution in [0.4, 0.5) is 0 Å². The van der Waals surface area contributed by atoms with Crippen LogP contribution in [0.2, 0.25) is 0 Å². The summed E-state index contributed by atoms with van der Waals surface area (Å²) in [5.41, 5.74) is 22.8. The molecule has 4 aromatic heterocycles. The van der Waals surface area contributed by atoms with Crippen molar-refractivity contribution >= 4 is 76.2 Å². The lowest BCUT2D eigenvalue weighted by Gasteiger charge is -2.10. The van der Waals surface area contributed by atoms with Gasteiger partial charge < -0.3 is 8.80 Å². The Labute approximate surface area is 347 Å². The van der Waals surface area contributed by atoms with E-state index in [1.165, 1.54) is 143 Å². The molecule has 0 bridgehead atoms. The van der Waals surface area contributed by atoms with Gasteiger partial charge in [0, 0.05) is 43.1 Å². The molecule has 282 valence electrons. The predicted molar refractivity (Wildman–Crippen MR) is 256 cm³/mol. The highest BCUT2D eigenvalue weighted by Gasteiger charge is 2.29. The number of aromatic nitrogens is 2. The van der Waals surface area contributed by atoms with E-state index < -0.39 is 0 Å². The second-order valence-electron chi connectivity index (χ2n) is 17.1. The molecular weight excluding hydrogens is 725 g/mol. The van der Waals surface area contributed by atoms with E-state index in [2.05, 4.69) is 206 Å². The third kappa shape index (κ3) is 4.38. The molecular formula is C58H40N2. The first-order valence-electron chi connectivity index (χ1n) is 21.1. The molecule has 0 spiro atoms. The van der Waals surface area contributed by atoms with Gasteiger partial charge in [-0.05, 0) is 143 Å². The summed E-state index contributed by atoms with van der Waals surface area (Å²) in [6, 6.07) is 63.9. The summed E-state index contributed by atoms with van der Waals surface area (Å²) in [5.74, 6) is 0. The summed E-state index contributed by atoms with van der Waals surface area (Å²) in [4.78, 5) is 0. The van der Waals surface area contributed by atoms with E-state index in [1.54, 1.807) is 0 Å². The number of nitrogens with zero attached hydrogens (tertiary/aromatic N) is 2. The summed E-state index contributed by atoms with van der Waals surface area (Å²) in [6.45, 7) is 8.90. The van der Waals surface area contributed by atoms with Crippen molar-refractivity contribution in [1.29, 1.82) is 0 Å². The fraction of sp³-hybridized carbons (Fsp3) is 0.0690. The van der Waals surface area contributed by atoms with Gasteiger partial charge in [0.05, 0.1) is 33.1 Å². The van der Waals surface area contributed by atoms with Gasteiger partial charge in [-0.3, -0.25) is 0 Å². The Hall–Kier alpha value is -7.42. The summed E-state index contributed by atoms with van der Waals surface area (Å²) in [7, 11) is 0. The van der Waals surface area contributed by atoms with E-state index in [9.17, 15) is 0 Å². The Balaban J connectivity index is 1.29. The first kappa shape index (κ1) is 33.5. The smallest absolute Gasteiger partial charge is 0.0634 e. The van der Waals surface area contributed by atoms with Crippen LogP contribution in [0.1, 0.15) is 22.3 Å². The maximum Gasteiger partial charge on any atom is 0.0634 e. The molecule has 0 aliphatic heterocycles. The van der Waals surface area contributed by atoms with E-state index in [0.717, 1.165) is 0 Å². The monoisotopic (exact) mass is 764 g/mol. The van der Waals surface area contributed by atoms with Crippen molar-refractivity contribution in [2.45, 2.75) is 27.7 Å². The van der Waals surface area contributed by atoms with Crippen molar-refractivity contribution in [3.8, 4) is 44.5 Å². The van der Waals surface area contributed by atoms with Crippen molar-refractivity contribution in [1.82, 2.24) is 8.80 Å². The molecule has 60 heavy (non-hydrogen) atoms. The molecule has 0 saturated carbocycles. The van der Waals surface area contributed by atoms with Crippen LogP contribution >= 0.6 is 0 Å². The minimum atomic E-state index is 1.25. The maximum atomic E-state index is 2.59. The highest BCUT2D eigenvalue weighted by molar-refractivity contribution is 6.45. The summed E-state index contributed by atoms with van der Waals surface area (Å²) < 4.78 is 5.18. The minimum absolute atomic E-state index is 1.25. The molecule has 0 atom stereocenters. The third-order valence-corrected chi connectivity index (χ3v) is 13.7. The molecule has 13 rings (SSSR count). The van der Waals surface area contributed by atoms with Crippen LogP contribution in [0.15, 0.2) is 170 Å². The standard InChI is InChI=1S/C58H40N2/c1-33-13-5-9-17-41(33)37-21-25-49-45(29-37)53-54-46-30-38(42-18-10-6-14-34(42)2)23-27-51(46)60-52-28-24-40(44-20-12-8-16-36(44)4)32-48(52)56(58(54)60)55-47-31-39(43-19-11-7-15-35(43)3)22-26-50(47)59(49)57(53)55/h5-32H,1-4H3. The third-order valence-electron chi connectivity index (χ3n) is 13.7. The Kier molecular flexibility index (Phi) is 6.74. The van der Waals surface area contributed by atoms with Crippen LogP contribution in [-0.4, -0.2) is 8.80 Å². The topological polar surface area (TPSA) is 8.82 Å². The second kappa shape index (κ2) is 12.1. The van der Waals surface area contributed by atoms with Crippen LogP contribution in [0.25, 0.3) is 121 Å². The Morgan fingerprint density at radius 3 is 0.733 bits per heavy atom. The molecule has 0 aliphatic rings. The lowest BCUT2D eigenvalue weighted by atomic mass is 9.92. The summed E-state index contributed by atoms with van der Waals surface area (Å²) in [5, 5.41) is 10.5. The average Bonchev–Trinajstić information content (AvgIpc) is 3.99.